The fourth-order valence-electron chi connectivity index (χ4n) is 1.52. The lowest BCUT2D eigenvalue weighted by Gasteiger charge is -1.97. The molecule has 0 spiro atoms. The van der Waals surface area contributed by atoms with Crippen molar-refractivity contribution in [1.82, 2.24) is 10.2 Å². The van der Waals surface area contributed by atoms with Crippen LogP contribution in [0.2, 0.25) is 0 Å². The van der Waals surface area contributed by atoms with Gasteiger partial charge in [-0.2, -0.15) is 11.8 Å². The lowest BCUT2D eigenvalue weighted by molar-refractivity contribution is -0.384. The van der Waals surface area contributed by atoms with E-state index in [9.17, 15) is 10.1 Å². The molecule has 0 aliphatic rings. The predicted molar refractivity (Wildman–Crippen MR) is 85.7 cm³/mol. The number of rotatable bonds is 7. The smallest absolute Gasteiger partial charge is 0.258 e. The molecule has 1 heterocycles. The number of nitro groups is 1. The van der Waals surface area contributed by atoms with E-state index in [4.69, 9.17) is 0 Å². The van der Waals surface area contributed by atoms with E-state index < -0.39 is 0 Å². The zero-order chi connectivity index (χ0) is 14.4. The van der Waals surface area contributed by atoms with Crippen molar-refractivity contribution in [3.05, 3.63) is 34.4 Å². The summed E-state index contributed by atoms with van der Waals surface area (Å²) < 4.78 is 0.856. The molecule has 2 aromatic rings. The van der Waals surface area contributed by atoms with Crippen molar-refractivity contribution >= 4 is 40.5 Å². The quantitative estimate of drug-likeness (QED) is 0.332. The van der Waals surface area contributed by atoms with E-state index in [-0.39, 0.29) is 10.6 Å². The minimum absolute atomic E-state index is 0.0711. The zero-order valence-corrected chi connectivity index (χ0v) is 13.3. The molecule has 8 heteroatoms. The van der Waals surface area contributed by atoms with E-state index in [2.05, 4.69) is 17.1 Å². The van der Waals surface area contributed by atoms with Crippen LogP contribution in [-0.2, 0) is 0 Å². The van der Waals surface area contributed by atoms with Crippen LogP contribution in [0.4, 0.5) is 5.69 Å². The maximum Gasteiger partial charge on any atom is 0.279 e. The SMILES string of the molecule is CCSCCSc1nnc(-c2ccccc2[N+](=O)[O-])s1. The minimum atomic E-state index is -0.387. The molecule has 0 fully saturated rings. The molecule has 0 radical (unpaired) electrons. The molecule has 1 aromatic carbocycles. The van der Waals surface area contributed by atoms with Crippen LogP contribution in [0.15, 0.2) is 28.6 Å². The summed E-state index contributed by atoms with van der Waals surface area (Å²) in [5.41, 5.74) is 0.603. The van der Waals surface area contributed by atoms with Gasteiger partial charge in [0.15, 0.2) is 9.35 Å². The Labute approximate surface area is 129 Å². The van der Waals surface area contributed by atoms with Gasteiger partial charge in [0, 0.05) is 17.6 Å². The highest BCUT2D eigenvalue weighted by molar-refractivity contribution is 8.03. The Morgan fingerprint density at radius 1 is 1.30 bits per heavy atom. The van der Waals surface area contributed by atoms with Gasteiger partial charge in [-0.25, -0.2) is 0 Å². The second-order valence-electron chi connectivity index (χ2n) is 3.69. The molecule has 1 aromatic heterocycles. The van der Waals surface area contributed by atoms with Crippen molar-refractivity contribution in [1.29, 1.82) is 0 Å². The third-order valence-electron chi connectivity index (χ3n) is 2.39. The number of hydrogen-bond acceptors (Lipinski definition) is 7. The van der Waals surface area contributed by atoms with Gasteiger partial charge in [-0.3, -0.25) is 10.1 Å². The van der Waals surface area contributed by atoms with Gasteiger partial charge in [-0.15, -0.1) is 10.2 Å². The normalized spacial score (nSPS) is 10.7. The van der Waals surface area contributed by atoms with Crippen LogP contribution in [0.1, 0.15) is 6.92 Å². The lowest BCUT2D eigenvalue weighted by Crippen LogP contribution is -1.90. The molecule has 0 bridgehead atoms. The molecule has 2 rings (SSSR count). The number of para-hydroxylation sites is 1. The Morgan fingerprint density at radius 2 is 2.10 bits per heavy atom. The van der Waals surface area contributed by atoms with Crippen LogP contribution < -0.4 is 0 Å². The summed E-state index contributed by atoms with van der Waals surface area (Å²) in [6.07, 6.45) is 0. The van der Waals surface area contributed by atoms with Crippen molar-refractivity contribution in [2.75, 3.05) is 17.3 Å². The van der Waals surface area contributed by atoms with Crippen LogP contribution >= 0.6 is 34.9 Å². The summed E-state index contributed by atoms with van der Waals surface area (Å²) in [5, 5.41) is 19.8. The van der Waals surface area contributed by atoms with Crippen LogP contribution in [0.5, 0.6) is 0 Å². The summed E-state index contributed by atoms with van der Waals surface area (Å²) in [6.45, 7) is 2.13. The summed E-state index contributed by atoms with van der Waals surface area (Å²) in [7, 11) is 0. The third kappa shape index (κ3) is 3.94. The second-order valence-corrected chi connectivity index (χ2v) is 7.41. The van der Waals surface area contributed by atoms with Gasteiger partial charge in [0.05, 0.1) is 10.5 Å². The van der Waals surface area contributed by atoms with Crippen molar-refractivity contribution < 1.29 is 4.92 Å². The van der Waals surface area contributed by atoms with Gasteiger partial charge in [0.25, 0.3) is 5.69 Å². The van der Waals surface area contributed by atoms with Crippen LogP contribution in [0.3, 0.4) is 0 Å². The van der Waals surface area contributed by atoms with Crippen molar-refractivity contribution in [2.24, 2.45) is 0 Å². The molecule has 0 unspecified atom stereocenters. The highest BCUT2D eigenvalue weighted by Crippen LogP contribution is 2.34. The Hall–Kier alpha value is -1.12. The molecular formula is C12H13N3O2S3. The summed E-state index contributed by atoms with van der Waals surface area (Å²) >= 11 is 4.93. The highest BCUT2D eigenvalue weighted by Gasteiger charge is 2.17. The molecule has 0 amide bonds. The molecule has 0 aliphatic carbocycles. The summed E-state index contributed by atoms with van der Waals surface area (Å²) in [5.74, 6) is 3.16. The Morgan fingerprint density at radius 3 is 2.85 bits per heavy atom. The molecule has 0 saturated carbocycles. The molecule has 0 aliphatic heterocycles. The number of nitrogens with zero attached hydrogens (tertiary/aromatic N) is 3. The highest BCUT2D eigenvalue weighted by atomic mass is 32.2. The molecule has 106 valence electrons. The Balaban J connectivity index is 2.11. The van der Waals surface area contributed by atoms with Gasteiger partial charge in [-0.1, -0.05) is 42.2 Å². The van der Waals surface area contributed by atoms with E-state index >= 15 is 0 Å². The largest absolute Gasteiger partial charge is 0.279 e. The van der Waals surface area contributed by atoms with Gasteiger partial charge in [0.1, 0.15) is 0 Å². The van der Waals surface area contributed by atoms with Crippen LogP contribution in [-0.4, -0.2) is 32.4 Å². The van der Waals surface area contributed by atoms with Crippen LogP contribution in [0, 0.1) is 10.1 Å². The van der Waals surface area contributed by atoms with E-state index in [0.717, 1.165) is 21.6 Å². The van der Waals surface area contributed by atoms with Gasteiger partial charge >= 0.3 is 0 Å². The molecule has 0 saturated heterocycles. The first-order chi connectivity index (χ1) is 9.72. The second kappa shape index (κ2) is 7.61. The maximum atomic E-state index is 11.0. The van der Waals surface area contributed by atoms with E-state index in [1.807, 2.05) is 11.8 Å². The lowest BCUT2D eigenvalue weighted by atomic mass is 10.2. The number of thioether (sulfide) groups is 2. The summed E-state index contributed by atoms with van der Waals surface area (Å²) in [4.78, 5) is 10.6. The van der Waals surface area contributed by atoms with E-state index in [1.54, 1.807) is 30.0 Å². The minimum Gasteiger partial charge on any atom is -0.258 e. The number of benzene rings is 1. The first-order valence-electron chi connectivity index (χ1n) is 6.00. The fraction of sp³-hybridized carbons (Fsp3) is 0.333. The monoisotopic (exact) mass is 327 g/mol. The summed E-state index contributed by atoms with van der Waals surface area (Å²) in [6, 6.07) is 6.62. The zero-order valence-electron chi connectivity index (χ0n) is 10.8. The van der Waals surface area contributed by atoms with Crippen molar-refractivity contribution in [3.63, 3.8) is 0 Å². The molecule has 0 atom stereocenters. The Kier molecular flexibility index (Phi) is 5.81. The number of nitro benzene ring substituents is 1. The average Bonchev–Trinajstić information content (AvgIpc) is 2.92. The van der Waals surface area contributed by atoms with E-state index in [1.165, 1.54) is 17.4 Å². The first-order valence-corrected chi connectivity index (χ1v) is 8.96. The molecular weight excluding hydrogens is 314 g/mol. The fourth-order valence-corrected chi connectivity index (χ4v) is 4.22. The third-order valence-corrected chi connectivity index (χ3v) is 5.65. The van der Waals surface area contributed by atoms with Gasteiger partial charge < -0.3 is 0 Å². The van der Waals surface area contributed by atoms with E-state index in [0.29, 0.717) is 10.6 Å². The van der Waals surface area contributed by atoms with Crippen LogP contribution in [0.25, 0.3) is 10.6 Å². The maximum absolute atomic E-state index is 11.0. The van der Waals surface area contributed by atoms with Gasteiger partial charge in [-0.05, 0) is 11.8 Å². The molecule has 5 nitrogen and oxygen atoms in total. The molecule has 20 heavy (non-hydrogen) atoms. The van der Waals surface area contributed by atoms with Gasteiger partial charge in [0.2, 0.25) is 0 Å². The Bertz CT molecular complexity index is 589. The molecule has 0 N–H and O–H groups in total. The first kappa shape index (κ1) is 15.3. The van der Waals surface area contributed by atoms with Crippen molar-refractivity contribution in [2.45, 2.75) is 11.3 Å². The standard InChI is InChI=1S/C12H13N3O2S3/c1-2-18-7-8-19-12-14-13-11(20-12)9-5-3-4-6-10(9)15(16)17/h3-6H,2,7-8H2,1H3. The topological polar surface area (TPSA) is 68.9 Å². The average molecular weight is 327 g/mol. The predicted octanol–water partition coefficient (Wildman–Crippen LogP) is 3.96. The number of aromatic nitrogens is 2. The van der Waals surface area contributed by atoms with Crippen molar-refractivity contribution in [3.8, 4) is 10.6 Å². The number of hydrogen-bond donors (Lipinski definition) is 0.